The maximum absolute atomic E-state index is 13.1. The van der Waals surface area contributed by atoms with Crippen LogP contribution in [0.15, 0.2) is 48.5 Å². The van der Waals surface area contributed by atoms with Crippen LogP contribution in [0.3, 0.4) is 0 Å². The topological polar surface area (TPSA) is 58.6 Å². The molecule has 118 valence electrons. The molecule has 0 aliphatic carbocycles. The monoisotopic (exact) mass is 313 g/mol. The molecule has 0 spiro atoms. The zero-order chi connectivity index (χ0) is 16.5. The molecule has 4 nitrogen and oxygen atoms in total. The van der Waals surface area contributed by atoms with Gasteiger partial charge in [0.1, 0.15) is 12.4 Å². The van der Waals surface area contributed by atoms with Gasteiger partial charge in [-0.05, 0) is 23.3 Å². The van der Waals surface area contributed by atoms with Crippen LogP contribution in [0.4, 0.5) is 9.18 Å². The van der Waals surface area contributed by atoms with Crippen molar-refractivity contribution < 1.29 is 19.0 Å². The lowest BCUT2D eigenvalue weighted by molar-refractivity contribution is 0.141. The zero-order valence-corrected chi connectivity index (χ0v) is 12.4. The molecule has 0 unspecified atom stereocenters. The van der Waals surface area contributed by atoms with Crippen molar-refractivity contribution >= 4 is 6.09 Å². The molecule has 0 bridgehead atoms. The molecule has 0 aromatic heterocycles. The number of hydrogen-bond donors (Lipinski definition) is 2. The van der Waals surface area contributed by atoms with E-state index in [2.05, 4.69) is 17.2 Å². The fourth-order valence-electron chi connectivity index (χ4n) is 1.83. The summed E-state index contributed by atoms with van der Waals surface area (Å²) in [5.41, 5.74) is 1.82. The summed E-state index contributed by atoms with van der Waals surface area (Å²) in [6.45, 7) is 0.0184. The smallest absolute Gasteiger partial charge is 0.408 e. The first kappa shape index (κ1) is 16.5. The fraction of sp³-hybridized carbons (Fsp3) is 0.167. The van der Waals surface area contributed by atoms with E-state index in [1.54, 1.807) is 0 Å². The van der Waals surface area contributed by atoms with Gasteiger partial charge >= 0.3 is 6.09 Å². The molecule has 0 saturated carbocycles. The predicted octanol–water partition coefficient (Wildman–Crippen LogP) is 2.60. The lowest BCUT2D eigenvalue weighted by atomic mass is 10.1. The minimum absolute atomic E-state index is 0.0645. The number of aliphatic hydroxyl groups excluding tert-OH is 1. The van der Waals surface area contributed by atoms with Gasteiger partial charge in [0, 0.05) is 5.56 Å². The van der Waals surface area contributed by atoms with Crippen LogP contribution < -0.4 is 5.32 Å². The highest BCUT2D eigenvalue weighted by Gasteiger charge is 2.02. The summed E-state index contributed by atoms with van der Waals surface area (Å²) >= 11 is 0. The molecular weight excluding hydrogens is 297 g/mol. The summed E-state index contributed by atoms with van der Waals surface area (Å²) in [5, 5.41) is 11.6. The maximum atomic E-state index is 13.1. The van der Waals surface area contributed by atoms with E-state index in [-0.39, 0.29) is 19.8 Å². The van der Waals surface area contributed by atoms with Crippen LogP contribution in [0.1, 0.15) is 16.7 Å². The summed E-state index contributed by atoms with van der Waals surface area (Å²) in [7, 11) is 0. The number of amides is 1. The second-order valence-corrected chi connectivity index (χ2v) is 4.68. The Balaban J connectivity index is 1.81. The standard InChI is InChI=1S/C18H16FNO3/c19-17-9-8-16(12-21)15(11-17)7-4-10-20-18(22)23-13-14-5-2-1-3-6-14/h1-3,5-6,8-9,11,21H,10,12-13H2,(H,20,22). The van der Waals surface area contributed by atoms with Gasteiger partial charge in [-0.3, -0.25) is 0 Å². The quantitative estimate of drug-likeness (QED) is 0.853. The third-order valence-electron chi connectivity index (χ3n) is 3.00. The van der Waals surface area contributed by atoms with Crippen molar-refractivity contribution in [3.05, 3.63) is 71.0 Å². The van der Waals surface area contributed by atoms with Gasteiger partial charge in [0.15, 0.2) is 0 Å². The molecule has 0 aliphatic rings. The summed E-state index contributed by atoms with van der Waals surface area (Å²) in [6, 6.07) is 13.3. The molecule has 1 amide bonds. The summed E-state index contributed by atoms with van der Waals surface area (Å²) in [6.07, 6.45) is -0.579. The van der Waals surface area contributed by atoms with Crippen molar-refractivity contribution in [2.75, 3.05) is 6.54 Å². The maximum Gasteiger partial charge on any atom is 0.408 e. The highest BCUT2D eigenvalue weighted by Crippen LogP contribution is 2.09. The summed E-state index contributed by atoms with van der Waals surface area (Å²) in [4.78, 5) is 11.5. The Morgan fingerprint density at radius 1 is 1.22 bits per heavy atom. The SMILES string of the molecule is O=C(NCC#Cc1cc(F)ccc1CO)OCc1ccccc1. The molecule has 0 atom stereocenters. The number of aliphatic hydroxyl groups is 1. The second kappa shape index (κ2) is 8.57. The molecule has 2 rings (SSSR count). The van der Waals surface area contributed by atoms with Gasteiger partial charge in [0.2, 0.25) is 0 Å². The van der Waals surface area contributed by atoms with Crippen LogP contribution in [0.2, 0.25) is 0 Å². The van der Waals surface area contributed by atoms with Crippen molar-refractivity contribution in [3.63, 3.8) is 0 Å². The first-order valence-electron chi connectivity index (χ1n) is 7.02. The molecule has 0 aliphatic heterocycles. The van der Waals surface area contributed by atoms with Crippen LogP contribution >= 0.6 is 0 Å². The van der Waals surface area contributed by atoms with E-state index >= 15 is 0 Å². The molecule has 0 saturated heterocycles. The number of carbonyl (C=O) groups excluding carboxylic acids is 1. The van der Waals surface area contributed by atoms with E-state index in [4.69, 9.17) is 9.84 Å². The normalized spacial score (nSPS) is 9.65. The van der Waals surface area contributed by atoms with Gasteiger partial charge in [-0.25, -0.2) is 9.18 Å². The van der Waals surface area contributed by atoms with Gasteiger partial charge in [-0.2, -0.15) is 0 Å². The number of halogens is 1. The van der Waals surface area contributed by atoms with Crippen LogP contribution in [-0.2, 0) is 18.0 Å². The highest BCUT2D eigenvalue weighted by atomic mass is 19.1. The van der Waals surface area contributed by atoms with Crippen LogP contribution in [-0.4, -0.2) is 17.7 Å². The Hall–Kier alpha value is -2.84. The van der Waals surface area contributed by atoms with Crippen molar-refractivity contribution in [1.82, 2.24) is 5.32 Å². The molecule has 2 N–H and O–H groups in total. The van der Waals surface area contributed by atoms with E-state index in [0.717, 1.165) is 5.56 Å². The second-order valence-electron chi connectivity index (χ2n) is 4.68. The molecule has 2 aromatic carbocycles. The first-order valence-corrected chi connectivity index (χ1v) is 7.02. The highest BCUT2D eigenvalue weighted by molar-refractivity contribution is 5.67. The zero-order valence-electron chi connectivity index (χ0n) is 12.4. The molecule has 0 radical (unpaired) electrons. The Kier molecular flexibility index (Phi) is 6.16. The van der Waals surface area contributed by atoms with Gasteiger partial charge < -0.3 is 15.2 Å². The van der Waals surface area contributed by atoms with Gasteiger partial charge in [0.05, 0.1) is 13.2 Å². The number of ether oxygens (including phenoxy) is 1. The number of alkyl carbamates (subject to hydrolysis) is 1. The lowest BCUT2D eigenvalue weighted by Crippen LogP contribution is -2.24. The number of benzene rings is 2. The Morgan fingerprint density at radius 3 is 2.74 bits per heavy atom. The third-order valence-corrected chi connectivity index (χ3v) is 3.00. The predicted molar refractivity (Wildman–Crippen MR) is 83.8 cm³/mol. The molecular formula is C18H16FNO3. The number of hydrogen-bond acceptors (Lipinski definition) is 3. The number of rotatable bonds is 4. The minimum atomic E-state index is -0.579. The molecule has 2 aromatic rings. The fourth-order valence-corrected chi connectivity index (χ4v) is 1.83. The van der Waals surface area contributed by atoms with Gasteiger partial charge in [-0.15, -0.1) is 0 Å². The molecule has 0 heterocycles. The van der Waals surface area contributed by atoms with E-state index < -0.39 is 11.9 Å². The first-order chi connectivity index (χ1) is 11.2. The largest absolute Gasteiger partial charge is 0.445 e. The molecule has 5 heteroatoms. The van der Waals surface area contributed by atoms with E-state index in [1.165, 1.54) is 18.2 Å². The average Bonchev–Trinajstić information content (AvgIpc) is 2.58. The summed E-state index contributed by atoms with van der Waals surface area (Å²) in [5.74, 6) is 4.98. The average molecular weight is 313 g/mol. The van der Waals surface area contributed by atoms with Crippen LogP contribution in [0.5, 0.6) is 0 Å². The van der Waals surface area contributed by atoms with Crippen molar-refractivity contribution in [3.8, 4) is 11.8 Å². The van der Waals surface area contributed by atoms with E-state index in [0.29, 0.717) is 11.1 Å². The Labute approximate surface area is 133 Å². The third kappa shape index (κ3) is 5.46. The van der Waals surface area contributed by atoms with Gasteiger partial charge in [0.25, 0.3) is 0 Å². The van der Waals surface area contributed by atoms with E-state index in [1.807, 2.05) is 30.3 Å². The molecule has 0 fully saturated rings. The van der Waals surface area contributed by atoms with E-state index in [9.17, 15) is 9.18 Å². The van der Waals surface area contributed by atoms with Crippen LogP contribution in [0, 0.1) is 17.7 Å². The van der Waals surface area contributed by atoms with Crippen molar-refractivity contribution in [1.29, 1.82) is 0 Å². The number of nitrogens with one attached hydrogen (secondary N) is 1. The van der Waals surface area contributed by atoms with Crippen LogP contribution in [0.25, 0.3) is 0 Å². The van der Waals surface area contributed by atoms with Crippen molar-refractivity contribution in [2.24, 2.45) is 0 Å². The summed E-state index contributed by atoms with van der Waals surface area (Å²) < 4.78 is 18.2. The Morgan fingerprint density at radius 2 is 2.00 bits per heavy atom. The van der Waals surface area contributed by atoms with Gasteiger partial charge in [-0.1, -0.05) is 48.2 Å². The lowest BCUT2D eigenvalue weighted by Gasteiger charge is -2.04. The minimum Gasteiger partial charge on any atom is -0.445 e. The Bertz CT molecular complexity index is 720. The van der Waals surface area contributed by atoms with Crippen molar-refractivity contribution in [2.45, 2.75) is 13.2 Å². The number of carbonyl (C=O) groups is 1. The molecule has 23 heavy (non-hydrogen) atoms.